The molecule has 0 amide bonds. The van der Waals surface area contributed by atoms with E-state index in [2.05, 4.69) is 0 Å². The average molecular weight is 187 g/mol. The molecule has 0 unspecified atom stereocenters. The number of benzene rings is 1. The van der Waals surface area contributed by atoms with Gasteiger partial charge in [0, 0.05) is 6.54 Å². The lowest BCUT2D eigenvalue weighted by atomic mass is 10.1. The average Bonchev–Trinajstić information content (AvgIpc) is 2.04. The summed E-state index contributed by atoms with van der Waals surface area (Å²) in [5.41, 5.74) is 6.26. The topological polar surface area (TPSA) is 49.8 Å². The highest BCUT2D eigenvalue weighted by atomic mass is 35.5. The molecule has 0 saturated carbocycles. The molecule has 0 fully saturated rings. The first kappa shape index (κ1) is 10.9. The van der Waals surface area contributed by atoms with E-state index in [9.17, 15) is 4.39 Å². The van der Waals surface area contributed by atoms with E-state index in [0.29, 0.717) is 11.1 Å². The zero-order valence-corrected chi connectivity index (χ0v) is 7.07. The predicted octanol–water partition coefficient (Wildman–Crippen LogP) is 1.58. The molecule has 0 saturated heterocycles. The number of hydrogen-bond donors (Lipinski definition) is 1. The molecular formula is C8H8ClFN2. The van der Waals surface area contributed by atoms with Gasteiger partial charge in [0.1, 0.15) is 5.82 Å². The van der Waals surface area contributed by atoms with Crippen molar-refractivity contribution < 1.29 is 4.39 Å². The Hall–Kier alpha value is -1.11. The quantitative estimate of drug-likeness (QED) is 0.724. The van der Waals surface area contributed by atoms with Gasteiger partial charge >= 0.3 is 0 Å². The van der Waals surface area contributed by atoms with Crippen molar-refractivity contribution in [3.8, 4) is 6.07 Å². The van der Waals surface area contributed by atoms with Crippen LogP contribution in [0.4, 0.5) is 4.39 Å². The van der Waals surface area contributed by atoms with Crippen molar-refractivity contribution in [2.24, 2.45) is 5.73 Å². The third-order valence-corrected chi connectivity index (χ3v) is 1.41. The van der Waals surface area contributed by atoms with Crippen molar-refractivity contribution in [2.45, 2.75) is 6.54 Å². The van der Waals surface area contributed by atoms with Gasteiger partial charge in [0.05, 0.1) is 11.6 Å². The normalized spacial score (nSPS) is 8.42. The van der Waals surface area contributed by atoms with E-state index in [-0.39, 0.29) is 24.8 Å². The second-order valence-electron chi connectivity index (χ2n) is 2.12. The zero-order chi connectivity index (χ0) is 8.27. The molecule has 0 spiro atoms. The van der Waals surface area contributed by atoms with Crippen LogP contribution in [0.25, 0.3) is 0 Å². The van der Waals surface area contributed by atoms with Gasteiger partial charge in [0.15, 0.2) is 0 Å². The molecule has 2 N–H and O–H groups in total. The highest BCUT2D eigenvalue weighted by Crippen LogP contribution is 2.08. The number of halogens is 2. The molecular weight excluding hydrogens is 179 g/mol. The Bertz CT molecular complexity index is 306. The summed E-state index contributed by atoms with van der Waals surface area (Å²) >= 11 is 0. The molecule has 1 rings (SSSR count). The second kappa shape index (κ2) is 4.70. The van der Waals surface area contributed by atoms with Crippen LogP contribution in [0.3, 0.4) is 0 Å². The van der Waals surface area contributed by atoms with Gasteiger partial charge in [-0.1, -0.05) is 0 Å². The Balaban J connectivity index is 0.00000121. The fourth-order valence-electron chi connectivity index (χ4n) is 0.840. The standard InChI is InChI=1S/C8H7FN2.ClH/c9-8-2-1-6(4-10)7(3-8)5-11;/h1-3H,5,11H2;1H. The summed E-state index contributed by atoms with van der Waals surface area (Å²) in [5, 5.41) is 8.51. The van der Waals surface area contributed by atoms with Crippen LogP contribution in [0.5, 0.6) is 0 Å². The van der Waals surface area contributed by atoms with Crippen LogP contribution in [0.2, 0.25) is 0 Å². The minimum Gasteiger partial charge on any atom is -0.326 e. The van der Waals surface area contributed by atoms with E-state index < -0.39 is 0 Å². The largest absolute Gasteiger partial charge is 0.326 e. The maximum atomic E-state index is 12.5. The van der Waals surface area contributed by atoms with Crippen molar-refractivity contribution in [1.29, 1.82) is 5.26 Å². The van der Waals surface area contributed by atoms with Crippen LogP contribution in [0, 0.1) is 17.1 Å². The fourth-order valence-corrected chi connectivity index (χ4v) is 0.840. The lowest BCUT2D eigenvalue weighted by Gasteiger charge is -1.98. The van der Waals surface area contributed by atoms with Crippen LogP contribution in [-0.2, 0) is 6.54 Å². The van der Waals surface area contributed by atoms with Gasteiger partial charge in [0.25, 0.3) is 0 Å². The van der Waals surface area contributed by atoms with E-state index in [1.165, 1.54) is 18.2 Å². The number of nitriles is 1. The summed E-state index contributed by atoms with van der Waals surface area (Å²) < 4.78 is 12.5. The van der Waals surface area contributed by atoms with Gasteiger partial charge in [0.2, 0.25) is 0 Å². The molecule has 0 atom stereocenters. The van der Waals surface area contributed by atoms with Gasteiger partial charge in [-0.05, 0) is 23.8 Å². The molecule has 64 valence electrons. The molecule has 0 aromatic heterocycles. The SMILES string of the molecule is Cl.N#Cc1ccc(F)cc1CN. The molecule has 4 heteroatoms. The molecule has 0 heterocycles. The number of rotatable bonds is 1. The Morgan fingerprint density at radius 2 is 2.17 bits per heavy atom. The molecule has 0 aliphatic rings. The van der Waals surface area contributed by atoms with Crippen LogP contribution < -0.4 is 5.73 Å². The van der Waals surface area contributed by atoms with Crippen molar-refractivity contribution in [3.63, 3.8) is 0 Å². The first-order valence-corrected chi connectivity index (χ1v) is 3.16. The summed E-state index contributed by atoms with van der Waals surface area (Å²) in [6.07, 6.45) is 0. The van der Waals surface area contributed by atoms with Gasteiger partial charge < -0.3 is 5.73 Å². The molecule has 0 bridgehead atoms. The number of nitrogens with zero attached hydrogens (tertiary/aromatic N) is 1. The highest BCUT2D eigenvalue weighted by Gasteiger charge is 2.00. The third-order valence-electron chi connectivity index (χ3n) is 1.41. The molecule has 1 aromatic carbocycles. The molecule has 0 aliphatic heterocycles. The van der Waals surface area contributed by atoms with E-state index >= 15 is 0 Å². The smallest absolute Gasteiger partial charge is 0.123 e. The van der Waals surface area contributed by atoms with Gasteiger partial charge in [-0.3, -0.25) is 0 Å². The fraction of sp³-hybridized carbons (Fsp3) is 0.125. The summed E-state index contributed by atoms with van der Waals surface area (Å²) in [4.78, 5) is 0. The first-order valence-electron chi connectivity index (χ1n) is 3.16. The summed E-state index contributed by atoms with van der Waals surface area (Å²) in [6, 6.07) is 5.88. The van der Waals surface area contributed by atoms with Crippen LogP contribution in [0.15, 0.2) is 18.2 Å². The molecule has 1 aromatic rings. The van der Waals surface area contributed by atoms with Crippen LogP contribution >= 0.6 is 12.4 Å². The maximum Gasteiger partial charge on any atom is 0.123 e. The van der Waals surface area contributed by atoms with E-state index in [4.69, 9.17) is 11.0 Å². The van der Waals surface area contributed by atoms with Gasteiger partial charge in [-0.2, -0.15) is 5.26 Å². The zero-order valence-electron chi connectivity index (χ0n) is 6.25. The predicted molar refractivity (Wildman–Crippen MR) is 46.3 cm³/mol. The van der Waals surface area contributed by atoms with Gasteiger partial charge in [-0.25, -0.2) is 4.39 Å². The van der Waals surface area contributed by atoms with E-state index in [1.807, 2.05) is 6.07 Å². The van der Waals surface area contributed by atoms with Crippen LogP contribution in [-0.4, -0.2) is 0 Å². The highest BCUT2D eigenvalue weighted by molar-refractivity contribution is 5.85. The van der Waals surface area contributed by atoms with Crippen molar-refractivity contribution >= 4 is 12.4 Å². The molecule has 0 aliphatic carbocycles. The van der Waals surface area contributed by atoms with E-state index in [0.717, 1.165) is 0 Å². The third kappa shape index (κ3) is 2.19. The Labute approximate surface area is 76.2 Å². The summed E-state index contributed by atoms with van der Waals surface area (Å²) in [6.45, 7) is 0.195. The summed E-state index contributed by atoms with van der Waals surface area (Å²) in [7, 11) is 0. The van der Waals surface area contributed by atoms with Crippen molar-refractivity contribution in [3.05, 3.63) is 35.1 Å². The van der Waals surface area contributed by atoms with Crippen molar-refractivity contribution in [1.82, 2.24) is 0 Å². The minimum absolute atomic E-state index is 0. The number of hydrogen-bond acceptors (Lipinski definition) is 2. The lowest BCUT2D eigenvalue weighted by Crippen LogP contribution is -1.99. The monoisotopic (exact) mass is 186 g/mol. The van der Waals surface area contributed by atoms with Gasteiger partial charge in [-0.15, -0.1) is 12.4 Å². The van der Waals surface area contributed by atoms with Crippen molar-refractivity contribution in [2.75, 3.05) is 0 Å². The first-order chi connectivity index (χ1) is 5.27. The van der Waals surface area contributed by atoms with Crippen LogP contribution in [0.1, 0.15) is 11.1 Å². The Kier molecular flexibility index (Phi) is 4.27. The maximum absolute atomic E-state index is 12.5. The second-order valence-corrected chi connectivity index (χ2v) is 2.12. The lowest BCUT2D eigenvalue weighted by molar-refractivity contribution is 0.625. The Morgan fingerprint density at radius 3 is 2.67 bits per heavy atom. The molecule has 12 heavy (non-hydrogen) atoms. The number of nitrogens with two attached hydrogens (primary N) is 1. The minimum atomic E-state index is -0.357. The van der Waals surface area contributed by atoms with E-state index in [1.54, 1.807) is 0 Å². The summed E-state index contributed by atoms with van der Waals surface area (Å²) in [5.74, 6) is -0.357. The Morgan fingerprint density at radius 1 is 1.50 bits per heavy atom. The molecule has 2 nitrogen and oxygen atoms in total. The molecule has 0 radical (unpaired) electrons.